The van der Waals surface area contributed by atoms with Crippen LogP contribution in [0.25, 0.3) is 6.08 Å². The highest BCUT2D eigenvalue weighted by molar-refractivity contribution is 5.87. The lowest BCUT2D eigenvalue weighted by atomic mass is 9.90. The summed E-state index contributed by atoms with van der Waals surface area (Å²) in [6.07, 6.45) is 3.64. The minimum absolute atomic E-state index is 0.0345. The standard InChI is InChI=1S/C16H20O3/c1-4-19-16(18)12(2)15(13(3)17)11-10-14-8-6-5-7-9-14/h5-12,15H,4H2,1-3H3/b11-10+. The van der Waals surface area contributed by atoms with Gasteiger partial charge in [0.05, 0.1) is 12.5 Å². The van der Waals surface area contributed by atoms with Crippen molar-refractivity contribution in [2.75, 3.05) is 6.61 Å². The number of hydrogen-bond donors (Lipinski definition) is 0. The monoisotopic (exact) mass is 260 g/mol. The van der Waals surface area contributed by atoms with Gasteiger partial charge >= 0.3 is 5.97 Å². The number of ether oxygens (including phenoxy) is 1. The van der Waals surface area contributed by atoms with E-state index in [9.17, 15) is 9.59 Å². The van der Waals surface area contributed by atoms with Crippen LogP contribution in [0.1, 0.15) is 26.3 Å². The molecule has 1 aromatic carbocycles. The molecule has 0 saturated heterocycles. The maximum atomic E-state index is 11.7. The predicted molar refractivity (Wildman–Crippen MR) is 75.4 cm³/mol. The maximum Gasteiger partial charge on any atom is 0.309 e. The Balaban J connectivity index is 2.81. The predicted octanol–water partition coefficient (Wildman–Crippen LogP) is 3.10. The average molecular weight is 260 g/mol. The molecule has 0 spiro atoms. The van der Waals surface area contributed by atoms with Gasteiger partial charge in [0, 0.05) is 5.92 Å². The number of hydrogen-bond acceptors (Lipinski definition) is 3. The van der Waals surface area contributed by atoms with Gasteiger partial charge in [-0.2, -0.15) is 0 Å². The van der Waals surface area contributed by atoms with Crippen LogP contribution in [0.15, 0.2) is 36.4 Å². The Labute approximate surface area is 114 Å². The van der Waals surface area contributed by atoms with Crippen molar-refractivity contribution in [3.8, 4) is 0 Å². The average Bonchev–Trinajstić information content (AvgIpc) is 2.39. The van der Waals surface area contributed by atoms with Gasteiger partial charge in [-0.15, -0.1) is 0 Å². The number of Topliss-reactive ketones (excluding diaryl/α,β-unsaturated/α-hetero) is 1. The second kappa shape index (κ2) is 7.52. The minimum Gasteiger partial charge on any atom is -0.466 e. The first-order chi connectivity index (χ1) is 9.06. The molecule has 0 fully saturated rings. The molecule has 3 heteroatoms. The fourth-order valence-electron chi connectivity index (χ4n) is 1.85. The molecule has 1 aromatic rings. The number of allylic oxidation sites excluding steroid dienone is 1. The van der Waals surface area contributed by atoms with E-state index in [1.54, 1.807) is 19.9 Å². The van der Waals surface area contributed by atoms with Gasteiger partial charge in [-0.3, -0.25) is 9.59 Å². The molecule has 1 rings (SSSR count). The topological polar surface area (TPSA) is 43.4 Å². The SMILES string of the molecule is CCOC(=O)C(C)C(/C=C/c1ccccc1)C(C)=O. The van der Waals surface area contributed by atoms with E-state index < -0.39 is 11.8 Å². The third kappa shape index (κ3) is 4.70. The first-order valence-corrected chi connectivity index (χ1v) is 6.46. The zero-order valence-electron chi connectivity index (χ0n) is 11.6. The number of benzene rings is 1. The van der Waals surface area contributed by atoms with Crippen molar-refractivity contribution in [3.63, 3.8) is 0 Å². The smallest absolute Gasteiger partial charge is 0.309 e. The van der Waals surface area contributed by atoms with Gasteiger partial charge in [0.15, 0.2) is 0 Å². The number of ketones is 1. The summed E-state index contributed by atoms with van der Waals surface area (Å²) in [6, 6.07) is 9.68. The largest absolute Gasteiger partial charge is 0.466 e. The van der Waals surface area contributed by atoms with Gasteiger partial charge in [-0.25, -0.2) is 0 Å². The van der Waals surface area contributed by atoms with Crippen LogP contribution in [0.3, 0.4) is 0 Å². The molecule has 0 aliphatic heterocycles. The van der Waals surface area contributed by atoms with E-state index in [1.807, 2.05) is 36.4 Å². The molecule has 0 heterocycles. The fourth-order valence-corrected chi connectivity index (χ4v) is 1.85. The Morgan fingerprint density at radius 3 is 2.42 bits per heavy atom. The molecule has 0 saturated carbocycles. The van der Waals surface area contributed by atoms with Crippen LogP contribution in [0.5, 0.6) is 0 Å². The molecule has 0 radical (unpaired) electrons. The Bertz CT molecular complexity index is 448. The third-order valence-corrected chi connectivity index (χ3v) is 2.96. The number of carbonyl (C=O) groups is 2. The van der Waals surface area contributed by atoms with Gasteiger partial charge in [0.1, 0.15) is 5.78 Å². The molecule has 19 heavy (non-hydrogen) atoms. The Kier molecular flexibility index (Phi) is 6.00. The van der Waals surface area contributed by atoms with Gasteiger partial charge < -0.3 is 4.74 Å². The van der Waals surface area contributed by atoms with Crippen molar-refractivity contribution in [1.82, 2.24) is 0 Å². The molecule has 102 valence electrons. The van der Waals surface area contributed by atoms with Crippen LogP contribution in [0, 0.1) is 11.8 Å². The lowest BCUT2D eigenvalue weighted by molar-refractivity contribution is -0.150. The summed E-state index contributed by atoms with van der Waals surface area (Å²) in [5.41, 5.74) is 1.00. The van der Waals surface area contributed by atoms with Crippen LogP contribution in [-0.4, -0.2) is 18.4 Å². The molecule has 0 N–H and O–H groups in total. The molecule has 3 nitrogen and oxygen atoms in total. The molecule has 0 aromatic heterocycles. The maximum absolute atomic E-state index is 11.7. The molecule has 0 amide bonds. The Morgan fingerprint density at radius 2 is 1.89 bits per heavy atom. The Hall–Kier alpha value is -1.90. The third-order valence-electron chi connectivity index (χ3n) is 2.96. The van der Waals surface area contributed by atoms with Crippen molar-refractivity contribution < 1.29 is 14.3 Å². The lowest BCUT2D eigenvalue weighted by Crippen LogP contribution is -2.26. The number of esters is 1. The van der Waals surface area contributed by atoms with Crippen molar-refractivity contribution in [2.24, 2.45) is 11.8 Å². The highest BCUT2D eigenvalue weighted by Gasteiger charge is 2.26. The van der Waals surface area contributed by atoms with E-state index in [-0.39, 0.29) is 11.8 Å². The molecule has 2 atom stereocenters. The summed E-state index contributed by atoms with van der Waals surface area (Å²) in [7, 11) is 0. The summed E-state index contributed by atoms with van der Waals surface area (Å²) in [5, 5.41) is 0. The van der Waals surface area contributed by atoms with Gasteiger partial charge in [-0.1, -0.05) is 49.4 Å². The van der Waals surface area contributed by atoms with Crippen LogP contribution in [0.2, 0.25) is 0 Å². The van der Waals surface area contributed by atoms with E-state index in [2.05, 4.69) is 0 Å². The van der Waals surface area contributed by atoms with Gasteiger partial charge in [0.2, 0.25) is 0 Å². The molecule has 0 bridgehead atoms. The van der Waals surface area contributed by atoms with Crippen molar-refractivity contribution in [1.29, 1.82) is 0 Å². The quantitative estimate of drug-likeness (QED) is 0.738. The van der Waals surface area contributed by atoms with Crippen LogP contribution in [-0.2, 0) is 14.3 Å². The zero-order chi connectivity index (χ0) is 14.3. The normalized spacial score (nSPS) is 14.1. The highest BCUT2D eigenvalue weighted by atomic mass is 16.5. The van der Waals surface area contributed by atoms with Crippen molar-refractivity contribution in [3.05, 3.63) is 42.0 Å². The molecule has 0 aliphatic rings. The van der Waals surface area contributed by atoms with E-state index in [1.165, 1.54) is 6.92 Å². The summed E-state index contributed by atoms with van der Waals surface area (Å²) in [6.45, 7) is 5.30. The summed E-state index contributed by atoms with van der Waals surface area (Å²) in [4.78, 5) is 23.3. The van der Waals surface area contributed by atoms with E-state index in [4.69, 9.17) is 4.74 Å². The van der Waals surface area contributed by atoms with Gasteiger partial charge in [0.25, 0.3) is 0 Å². The van der Waals surface area contributed by atoms with Crippen LogP contribution >= 0.6 is 0 Å². The summed E-state index contributed by atoms with van der Waals surface area (Å²) >= 11 is 0. The van der Waals surface area contributed by atoms with E-state index in [0.29, 0.717) is 6.61 Å². The summed E-state index contributed by atoms with van der Waals surface area (Å²) in [5.74, 6) is -1.27. The van der Waals surface area contributed by atoms with E-state index >= 15 is 0 Å². The summed E-state index contributed by atoms with van der Waals surface area (Å²) < 4.78 is 4.96. The first kappa shape index (κ1) is 15.2. The molecular formula is C16H20O3. The van der Waals surface area contributed by atoms with Crippen molar-refractivity contribution in [2.45, 2.75) is 20.8 Å². The second-order valence-corrected chi connectivity index (χ2v) is 4.45. The lowest BCUT2D eigenvalue weighted by Gasteiger charge is -2.16. The Morgan fingerprint density at radius 1 is 1.26 bits per heavy atom. The van der Waals surface area contributed by atoms with Crippen LogP contribution in [0.4, 0.5) is 0 Å². The van der Waals surface area contributed by atoms with E-state index in [0.717, 1.165) is 5.56 Å². The number of carbonyl (C=O) groups excluding carboxylic acids is 2. The van der Waals surface area contributed by atoms with Gasteiger partial charge in [-0.05, 0) is 19.4 Å². The molecular weight excluding hydrogens is 240 g/mol. The van der Waals surface area contributed by atoms with Crippen molar-refractivity contribution >= 4 is 17.8 Å². The minimum atomic E-state index is -0.461. The second-order valence-electron chi connectivity index (χ2n) is 4.45. The highest BCUT2D eigenvalue weighted by Crippen LogP contribution is 2.18. The molecule has 2 unspecified atom stereocenters. The number of rotatable bonds is 6. The van der Waals surface area contributed by atoms with Crippen LogP contribution < -0.4 is 0 Å². The molecule has 0 aliphatic carbocycles. The fraction of sp³-hybridized carbons (Fsp3) is 0.375. The zero-order valence-corrected chi connectivity index (χ0v) is 11.6. The first-order valence-electron chi connectivity index (χ1n) is 6.46.